The molecule has 2 heterocycles. The van der Waals surface area contributed by atoms with Crippen molar-refractivity contribution >= 4 is 11.7 Å². The average Bonchev–Trinajstić information content (AvgIpc) is 3.19. The molecule has 3 aromatic rings. The van der Waals surface area contributed by atoms with Gasteiger partial charge in [-0.1, -0.05) is 60.7 Å². The lowest BCUT2D eigenvalue weighted by Gasteiger charge is -2.13. The molecule has 1 unspecified atom stereocenters. The van der Waals surface area contributed by atoms with E-state index < -0.39 is 6.04 Å². The molecule has 0 spiro atoms. The molecule has 4 rings (SSSR count). The minimum absolute atomic E-state index is 0.00969. The highest BCUT2D eigenvalue weighted by Crippen LogP contribution is 2.32. The molecule has 2 aromatic carbocycles. The van der Waals surface area contributed by atoms with Gasteiger partial charge in [-0.05, 0) is 12.5 Å². The fourth-order valence-electron chi connectivity index (χ4n) is 2.96. The summed E-state index contributed by atoms with van der Waals surface area (Å²) in [5, 5.41) is 8.55. The van der Waals surface area contributed by atoms with Crippen LogP contribution in [0.2, 0.25) is 0 Å². The number of aliphatic imine (C=N–C) groups is 1. The third kappa shape index (κ3) is 2.99. The monoisotopic (exact) mass is 343 g/mol. The summed E-state index contributed by atoms with van der Waals surface area (Å²) in [6.07, 6.45) is 1.71. The molecule has 5 nitrogen and oxygen atoms in total. The molecule has 0 fully saturated rings. The third-order valence-electron chi connectivity index (χ3n) is 4.32. The Kier molecular flexibility index (Phi) is 4.27. The van der Waals surface area contributed by atoms with E-state index >= 15 is 0 Å². The fourth-order valence-corrected chi connectivity index (χ4v) is 2.96. The van der Waals surface area contributed by atoms with E-state index in [9.17, 15) is 4.79 Å². The van der Waals surface area contributed by atoms with Crippen molar-refractivity contribution in [2.75, 3.05) is 6.61 Å². The maximum atomic E-state index is 11.7. The fraction of sp³-hybridized carbons (Fsp3) is 0.143. The normalized spacial score (nSPS) is 16.0. The predicted molar refractivity (Wildman–Crippen MR) is 99.9 cm³/mol. The largest absolute Gasteiger partial charge is 0.475 e. The minimum atomic E-state index is -0.467. The van der Waals surface area contributed by atoms with Crippen molar-refractivity contribution in [3.05, 3.63) is 72.4 Å². The number of nitrogens with zero attached hydrogens (tertiary/aromatic N) is 3. The Hall–Kier alpha value is -3.34. The van der Waals surface area contributed by atoms with Crippen molar-refractivity contribution in [1.29, 1.82) is 0 Å². The topological polar surface area (TPSA) is 64.4 Å². The summed E-state index contributed by atoms with van der Waals surface area (Å²) in [4.78, 5) is 16.2. The summed E-state index contributed by atoms with van der Waals surface area (Å²) in [7, 11) is 0. The number of carbonyl (C=O) groups is 1. The van der Waals surface area contributed by atoms with Crippen LogP contribution in [-0.4, -0.2) is 34.5 Å². The van der Waals surface area contributed by atoms with Crippen LogP contribution in [0.5, 0.6) is 0 Å². The van der Waals surface area contributed by atoms with E-state index in [1.165, 1.54) is 6.92 Å². The zero-order valence-electron chi connectivity index (χ0n) is 14.3. The average molecular weight is 343 g/mol. The Morgan fingerprint density at radius 2 is 1.65 bits per heavy atom. The second-order valence-corrected chi connectivity index (χ2v) is 6.09. The van der Waals surface area contributed by atoms with Crippen molar-refractivity contribution in [2.45, 2.75) is 13.0 Å². The third-order valence-corrected chi connectivity index (χ3v) is 4.32. The van der Waals surface area contributed by atoms with Crippen LogP contribution >= 0.6 is 0 Å². The quantitative estimate of drug-likeness (QED) is 0.727. The standard InChI is InChI=1S/C21H17N3O2/c1-14(25)18-13-26-21(23-18)19-17(15-8-4-2-5-9-15)12-22-24-20(19)16-10-6-3-7-11-16/h2-12,18H,13H2,1H3. The SMILES string of the molecule is CC(=O)C1COC(c2c(-c3ccccc3)cnnc2-c2ccccc2)=N1. The molecule has 1 aliphatic rings. The Morgan fingerprint density at radius 1 is 1.00 bits per heavy atom. The summed E-state index contributed by atoms with van der Waals surface area (Å²) in [6, 6.07) is 19.2. The number of ketones is 1. The van der Waals surface area contributed by atoms with E-state index in [0.29, 0.717) is 11.6 Å². The molecule has 1 atom stereocenters. The molecule has 0 radical (unpaired) electrons. The number of hydrogen-bond acceptors (Lipinski definition) is 5. The Balaban J connectivity index is 1.94. The summed E-state index contributed by atoms with van der Waals surface area (Å²) in [5.41, 5.74) is 4.25. The van der Waals surface area contributed by atoms with Crippen LogP contribution < -0.4 is 0 Å². The van der Waals surface area contributed by atoms with Gasteiger partial charge < -0.3 is 4.74 Å². The molecule has 0 amide bonds. The van der Waals surface area contributed by atoms with E-state index in [2.05, 4.69) is 15.2 Å². The van der Waals surface area contributed by atoms with Crippen LogP contribution in [0, 0.1) is 0 Å². The molecular formula is C21H17N3O2. The predicted octanol–water partition coefficient (Wildman–Crippen LogP) is 3.55. The van der Waals surface area contributed by atoms with E-state index in [0.717, 1.165) is 22.3 Å². The van der Waals surface area contributed by atoms with Crippen molar-refractivity contribution < 1.29 is 9.53 Å². The number of Topliss-reactive ketones (excluding diaryl/α,β-unsaturated/α-hetero) is 1. The number of ether oxygens (including phenoxy) is 1. The van der Waals surface area contributed by atoms with E-state index in [-0.39, 0.29) is 12.4 Å². The minimum Gasteiger partial charge on any atom is -0.475 e. The second-order valence-electron chi connectivity index (χ2n) is 6.09. The van der Waals surface area contributed by atoms with Gasteiger partial charge in [-0.25, -0.2) is 4.99 Å². The summed E-state index contributed by atoms with van der Waals surface area (Å²) < 4.78 is 5.80. The van der Waals surface area contributed by atoms with Crippen LogP contribution in [0.3, 0.4) is 0 Å². The molecule has 1 aliphatic heterocycles. The van der Waals surface area contributed by atoms with Crippen LogP contribution in [-0.2, 0) is 9.53 Å². The van der Waals surface area contributed by atoms with E-state index in [4.69, 9.17) is 4.74 Å². The first-order valence-corrected chi connectivity index (χ1v) is 8.42. The maximum absolute atomic E-state index is 11.7. The number of hydrogen-bond donors (Lipinski definition) is 0. The van der Waals surface area contributed by atoms with Gasteiger partial charge >= 0.3 is 0 Å². The molecule has 128 valence electrons. The molecule has 0 bridgehead atoms. The highest BCUT2D eigenvalue weighted by Gasteiger charge is 2.28. The van der Waals surface area contributed by atoms with Gasteiger partial charge in [0.2, 0.25) is 5.90 Å². The first-order chi connectivity index (χ1) is 12.7. The van der Waals surface area contributed by atoms with Gasteiger partial charge in [0.15, 0.2) is 5.78 Å². The lowest BCUT2D eigenvalue weighted by Crippen LogP contribution is -2.15. The first kappa shape index (κ1) is 16.1. The Bertz CT molecular complexity index is 911. The van der Waals surface area contributed by atoms with E-state index in [1.807, 2.05) is 60.7 Å². The number of rotatable bonds is 4. The highest BCUT2D eigenvalue weighted by atomic mass is 16.5. The van der Waals surface area contributed by atoms with Gasteiger partial charge in [-0.3, -0.25) is 4.79 Å². The van der Waals surface area contributed by atoms with E-state index in [1.54, 1.807) is 6.20 Å². The van der Waals surface area contributed by atoms with Gasteiger partial charge in [-0.15, -0.1) is 5.10 Å². The van der Waals surface area contributed by atoms with Crippen LogP contribution in [0.4, 0.5) is 0 Å². The summed E-state index contributed by atoms with van der Waals surface area (Å²) in [5.74, 6) is 0.433. The molecule has 0 saturated carbocycles. The van der Waals surface area contributed by atoms with Crippen molar-refractivity contribution in [3.63, 3.8) is 0 Å². The lowest BCUT2D eigenvalue weighted by molar-refractivity contribution is -0.118. The highest BCUT2D eigenvalue weighted by molar-refractivity contribution is 6.07. The number of carbonyl (C=O) groups excluding carboxylic acids is 1. The van der Waals surface area contributed by atoms with Crippen LogP contribution in [0.1, 0.15) is 12.5 Å². The Labute approximate surface area is 151 Å². The second kappa shape index (κ2) is 6.88. The molecule has 0 saturated heterocycles. The number of aromatic nitrogens is 2. The van der Waals surface area contributed by atoms with Crippen LogP contribution in [0.15, 0.2) is 71.9 Å². The van der Waals surface area contributed by atoms with Gasteiger partial charge in [-0.2, -0.15) is 5.10 Å². The molecule has 0 aliphatic carbocycles. The first-order valence-electron chi connectivity index (χ1n) is 8.42. The summed E-state index contributed by atoms with van der Waals surface area (Å²) >= 11 is 0. The van der Waals surface area contributed by atoms with Crippen molar-refractivity contribution in [3.8, 4) is 22.4 Å². The van der Waals surface area contributed by atoms with Gasteiger partial charge in [0.05, 0.1) is 11.8 Å². The molecule has 1 aromatic heterocycles. The number of benzene rings is 2. The lowest BCUT2D eigenvalue weighted by atomic mass is 9.97. The molecule has 26 heavy (non-hydrogen) atoms. The maximum Gasteiger partial charge on any atom is 0.220 e. The van der Waals surface area contributed by atoms with Gasteiger partial charge in [0.25, 0.3) is 0 Å². The molecule has 0 N–H and O–H groups in total. The van der Waals surface area contributed by atoms with Crippen LogP contribution in [0.25, 0.3) is 22.4 Å². The molecule has 5 heteroatoms. The zero-order valence-corrected chi connectivity index (χ0v) is 14.3. The van der Waals surface area contributed by atoms with Crippen molar-refractivity contribution in [2.24, 2.45) is 4.99 Å². The smallest absolute Gasteiger partial charge is 0.220 e. The van der Waals surface area contributed by atoms with Crippen molar-refractivity contribution in [1.82, 2.24) is 10.2 Å². The Morgan fingerprint density at radius 3 is 2.27 bits per heavy atom. The van der Waals surface area contributed by atoms with Gasteiger partial charge in [0, 0.05) is 11.1 Å². The zero-order chi connectivity index (χ0) is 17.9. The van der Waals surface area contributed by atoms with Gasteiger partial charge in [0.1, 0.15) is 18.3 Å². The molecular weight excluding hydrogens is 326 g/mol. The summed E-state index contributed by atoms with van der Waals surface area (Å²) in [6.45, 7) is 1.79.